The number of benzene rings is 1. The van der Waals surface area contributed by atoms with Gasteiger partial charge in [-0.2, -0.15) is 5.10 Å². The number of hydrogen-bond acceptors (Lipinski definition) is 3. The van der Waals surface area contributed by atoms with E-state index in [0.717, 1.165) is 15.4 Å². The van der Waals surface area contributed by atoms with Crippen molar-refractivity contribution in [2.24, 2.45) is 7.05 Å². The smallest absolute Gasteiger partial charge is 0.359 e. The fourth-order valence-corrected chi connectivity index (χ4v) is 2.16. The van der Waals surface area contributed by atoms with E-state index in [9.17, 15) is 4.79 Å². The molecule has 15 heavy (non-hydrogen) atoms. The number of aromatic nitrogens is 2. The van der Waals surface area contributed by atoms with Crippen LogP contribution in [0, 0.1) is 0 Å². The first-order chi connectivity index (χ1) is 7.15. The Balaban J connectivity index is 2.79. The molecule has 0 aliphatic heterocycles. The minimum atomic E-state index is -0.418. The van der Waals surface area contributed by atoms with Gasteiger partial charge in [-0.15, -0.1) is 0 Å². The van der Waals surface area contributed by atoms with E-state index in [0.29, 0.717) is 5.69 Å². The van der Waals surface area contributed by atoms with Gasteiger partial charge in [-0.3, -0.25) is 4.68 Å². The van der Waals surface area contributed by atoms with Crippen molar-refractivity contribution in [2.45, 2.75) is 0 Å². The number of para-hydroxylation sites is 1. The number of fused-ring (bicyclic) bond motifs is 1. The second kappa shape index (κ2) is 3.66. The van der Waals surface area contributed by atoms with Crippen LogP contribution in [0.5, 0.6) is 0 Å². The first-order valence-electron chi connectivity index (χ1n) is 4.34. The van der Waals surface area contributed by atoms with Crippen LogP contribution in [0.4, 0.5) is 0 Å². The number of aryl methyl sites for hydroxylation is 1. The summed E-state index contributed by atoms with van der Waals surface area (Å²) >= 11 is 3.42. The van der Waals surface area contributed by atoms with E-state index in [2.05, 4.69) is 25.8 Å². The third kappa shape index (κ3) is 1.52. The summed E-state index contributed by atoms with van der Waals surface area (Å²) in [7, 11) is 3.14. The molecule has 2 aromatic rings. The van der Waals surface area contributed by atoms with Crippen LogP contribution in [-0.2, 0) is 11.8 Å². The maximum atomic E-state index is 11.4. The lowest BCUT2D eigenvalue weighted by Gasteiger charge is -1.96. The third-order valence-electron chi connectivity index (χ3n) is 2.19. The maximum Gasteiger partial charge on any atom is 0.359 e. The summed E-state index contributed by atoms with van der Waals surface area (Å²) in [5.41, 5.74) is 1.23. The Morgan fingerprint density at radius 3 is 2.93 bits per heavy atom. The van der Waals surface area contributed by atoms with E-state index in [1.54, 1.807) is 11.7 Å². The van der Waals surface area contributed by atoms with Crippen LogP contribution >= 0.6 is 15.9 Å². The lowest BCUT2D eigenvalue weighted by Crippen LogP contribution is -2.03. The van der Waals surface area contributed by atoms with Gasteiger partial charge in [0.1, 0.15) is 0 Å². The molecule has 0 unspecified atom stereocenters. The van der Waals surface area contributed by atoms with Crippen LogP contribution in [0.25, 0.3) is 10.9 Å². The zero-order valence-electron chi connectivity index (χ0n) is 8.32. The molecule has 0 saturated heterocycles. The van der Waals surface area contributed by atoms with Crippen molar-refractivity contribution in [3.8, 4) is 0 Å². The first kappa shape index (κ1) is 10.2. The number of carbonyl (C=O) groups excluding carboxylic acids is 1. The van der Waals surface area contributed by atoms with Gasteiger partial charge in [0.2, 0.25) is 0 Å². The van der Waals surface area contributed by atoms with Crippen LogP contribution < -0.4 is 0 Å². The zero-order chi connectivity index (χ0) is 11.0. The van der Waals surface area contributed by atoms with Crippen molar-refractivity contribution in [1.82, 2.24) is 9.78 Å². The molecule has 0 N–H and O–H groups in total. The highest BCUT2D eigenvalue weighted by Gasteiger charge is 2.17. The van der Waals surface area contributed by atoms with Crippen molar-refractivity contribution in [2.75, 3.05) is 7.11 Å². The summed E-state index contributed by atoms with van der Waals surface area (Å²) in [4.78, 5) is 11.4. The van der Waals surface area contributed by atoms with Crippen molar-refractivity contribution in [1.29, 1.82) is 0 Å². The largest absolute Gasteiger partial charge is 0.464 e. The molecule has 0 aliphatic carbocycles. The molecule has 0 atom stereocenters. The van der Waals surface area contributed by atoms with Crippen LogP contribution in [0.2, 0.25) is 0 Å². The number of methoxy groups -OCH3 is 1. The summed E-state index contributed by atoms with van der Waals surface area (Å²) in [6, 6.07) is 5.62. The number of ether oxygens (including phenoxy) is 1. The SMILES string of the molecule is COC(=O)c1nn(C)c2c(Br)cccc12. The molecule has 0 amide bonds. The van der Waals surface area contributed by atoms with Crippen LogP contribution in [-0.4, -0.2) is 22.9 Å². The highest BCUT2D eigenvalue weighted by molar-refractivity contribution is 9.10. The number of nitrogens with zero attached hydrogens (tertiary/aromatic N) is 2. The van der Waals surface area contributed by atoms with Gasteiger partial charge in [-0.1, -0.05) is 12.1 Å². The monoisotopic (exact) mass is 268 g/mol. The van der Waals surface area contributed by atoms with Crippen molar-refractivity contribution < 1.29 is 9.53 Å². The minimum absolute atomic E-state index is 0.344. The molecule has 0 fully saturated rings. The van der Waals surface area contributed by atoms with Crippen LogP contribution in [0.15, 0.2) is 22.7 Å². The molecule has 1 heterocycles. The number of rotatable bonds is 1. The van der Waals surface area contributed by atoms with E-state index in [1.807, 2.05) is 18.2 Å². The van der Waals surface area contributed by atoms with Gasteiger partial charge in [-0.05, 0) is 22.0 Å². The summed E-state index contributed by atoms with van der Waals surface area (Å²) < 4.78 is 7.23. The Labute approximate surface area is 95.0 Å². The lowest BCUT2D eigenvalue weighted by molar-refractivity contribution is 0.0595. The standard InChI is InChI=1S/C10H9BrN2O2/c1-13-9-6(4-3-5-7(9)11)8(12-13)10(14)15-2/h3-5H,1-2H3. The summed E-state index contributed by atoms with van der Waals surface area (Å²) in [6.45, 7) is 0. The highest BCUT2D eigenvalue weighted by Crippen LogP contribution is 2.25. The summed E-state index contributed by atoms with van der Waals surface area (Å²) in [5, 5.41) is 4.92. The Bertz CT molecular complexity index is 533. The predicted octanol–water partition coefficient (Wildman–Crippen LogP) is 2.12. The lowest BCUT2D eigenvalue weighted by atomic mass is 10.2. The van der Waals surface area contributed by atoms with E-state index in [-0.39, 0.29) is 0 Å². The molecule has 0 bridgehead atoms. The van der Waals surface area contributed by atoms with Crippen molar-refractivity contribution in [3.05, 3.63) is 28.4 Å². The molecular weight excluding hydrogens is 260 g/mol. The Hall–Kier alpha value is -1.36. The minimum Gasteiger partial charge on any atom is -0.464 e. The summed E-state index contributed by atoms with van der Waals surface area (Å²) in [5.74, 6) is -0.418. The molecular formula is C10H9BrN2O2. The highest BCUT2D eigenvalue weighted by atomic mass is 79.9. The van der Waals surface area contributed by atoms with Gasteiger partial charge in [0.25, 0.3) is 0 Å². The molecule has 0 spiro atoms. The molecule has 0 saturated carbocycles. The third-order valence-corrected chi connectivity index (χ3v) is 2.83. The van der Waals surface area contributed by atoms with E-state index < -0.39 is 5.97 Å². The van der Waals surface area contributed by atoms with Gasteiger partial charge >= 0.3 is 5.97 Å². The van der Waals surface area contributed by atoms with Gasteiger partial charge in [0, 0.05) is 16.9 Å². The predicted molar refractivity (Wildman–Crippen MR) is 59.8 cm³/mol. The summed E-state index contributed by atoms with van der Waals surface area (Å²) in [6.07, 6.45) is 0. The molecule has 1 aromatic heterocycles. The first-order valence-corrected chi connectivity index (χ1v) is 5.14. The average Bonchev–Trinajstić information content (AvgIpc) is 2.56. The fraction of sp³-hybridized carbons (Fsp3) is 0.200. The molecule has 4 nitrogen and oxygen atoms in total. The number of carbonyl (C=O) groups is 1. The van der Waals surface area contributed by atoms with Gasteiger partial charge in [0.15, 0.2) is 5.69 Å². The molecule has 1 aromatic carbocycles. The van der Waals surface area contributed by atoms with Gasteiger partial charge in [-0.25, -0.2) is 4.79 Å². The Morgan fingerprint density at radius 2 is 2.27 bits per heavy atom. The Kier molecular flexibility index (Phi) is 2.48. The molecule has 2 rings (SSSR count). The topological polar surface area (TPSA) is 44.1 Å². The number of halogens is 1. The van der Waals surface area contributed by atoms with Crippen LogP contribution in [0.1, 0.15) is 10.5 Å². The zero-order valence-corrected chi connectivity index (χ0v) is 9.91. The second-order valence-corrected chi connectivity index (χ2v) is 3.95. The Morgan fingerprint density at radius 1 is 1.53 bits per heavy atom. The molecule has 5 heteroatoms. The molecule has 78 valence electrons. The second-order valence-electron chi connectivity index (χ2n) is 3.10. The normalized spacial score (nSPS) is 10.6. The number of esters is 1. The van der Waals surface area contributed by atoms with Crippen LogP contribution in [0.3, 0.4) is 0 Å². The molecule has 0 radical (unpaired) electrons. The van der Waals surface area contributed by atoms with E-state index >= 15 is 0 Å². The van der Waals surface area contributed by atoms with E-state index in [1.165, 1.54) is 7.11 Å². The average molecular weight is 269 g/mol. The van der Waals surface area contributed by atoms with Gasteiger partial charge < -0.3 is 4.74 Å². The van der Waals surface area contributed by atoms with E-state index in [4.69, 9.17) is 0 Å². The molecule has 0 aliphatic rings. The maximum absolute atomic E-state index is 11.4. The quantitative estimate of drug-likeness (QED) is 0.745. The fourth-order valence-electron chi connectivity index (χ4n) is 1.54. The van der Waals surface area contributed by atoms with Crippen molar-refractivity contribution >= 4 is 32.8 Å². The number of hydrogen-bond donors (Lipinski definition) is 0. The van der Waals surface area contributed by atoms with Crippen molar-refractivity contribution in [3.63, 3.8) is 0 Å². The van der Waals surface area contributed by atoms with Gasteiger partial charge in [0.05, 0.1) is 12.6 Å².